The summed E-state index contributed by atoms with van der Waals surface area (Å²) in [6.45, 7) is 9.21. The maximum absolute atomic E-state index is 13.0. The van der Waals surface area contributed by atoms with Crippen molar-refractivity contribution in [2.45, 2.75) is 45.1 Å². The predicted molar refractivity (Wildman–Crippen MR) is 112 cm³/mol. The van der Waals surface area contributed by atoms with Crippen LogP contribution in [0.3, 0.4) is 0 Å². The van der Waals surface area contributed by atoms with E-state index in [4.69, 9.17) is 0 Å². The van der Waals surface area contributed by atoms with E-state index in [9.17, 15) is 18.5 Å². The number of aryl methyl sites for hydroxylation is 1. The van der Waals surface area contributed by atoms with Crippen molar-refractivity contribution in [3.05, 3.63) is 51.1 Å². The summed E-state index contributed by atoms with van der Waals surface area (Å²) in [7, 11) is -3.90. The fraction of sp³-hybridized carbons (Fsp3) is 0.333. The van der Waals surface area contributed by atoms with Gasteiger partial charge in [0.25, 0.3) is 15.7 Å². The normalized spacial score (nSPS) is 12.2. The average Bonchev–Trinajstić information content (AvgIpc) is 3.18. The minimum atomic E-state index is -3.90. The highest BCUT2D eigenvalue weighted by Gasteiger charge is 2.29. The molecule has 1 N–H and O–H groups in total. The van der Waals surface area contributed by atoms with Gasteiger partial charge in [-0.15, -0.1) is 11.3 Å². The second-order valence-corrected chi connectivity index (χ2v) is 10.0. The lowest BCUT2D eigenvalue weighted by molar-refractivity contribution is -0.384. The molecule has 0 saturated carbocycles. The highest BCUT2D eigenvalue weighted by atomic mass is 32.2. The number of nitro groups is 1. The Labute approximate surface area is 172 Å². The topological polar surface area (TPSA) is 120 Å². The third-order valence-electron chi connectivity index (χ3n) is 4.21. The fourth-order valence-electron chi connectivity index (χ4n) is 3.07. The number of aromatic nitrogens is 3. The number of non-ortho nitro benzene ring substituents is 1. The second-order valence-electron chi connectivity index (χ2n) is 7.53. The van der Waals surface area contributed by atoms with Crippen LogP contribution in [0.1, 0.15) is 32.2 Å². The molecule has 0 saturated heterocycles. The molecule has 0 atom stereocenters. The maximum atomic E-state index is 13.0. The van der Waals surface area contributed by atoms with E-state index in [1.807, 2.05) is 20.8 Å². The molecule has 2 heterocycles. The Bertz CT molecular complexity index is 1190. The summed E-state index contributed by atoms with van der Waals surface area (Å²) in [5.41, 5.74) is 1.51. The van der Waals surface area contributed by atoms with Gasteiger partial charge >= 0.3 is 0 Å². The molecular weight excluding hydrogens is 414 g/mol. The van der Waals surface area contributed by atoms with Crippen molar-refractivity contribution in [2.24, 2.45) is 0 Å². The summed E-state index contributed by atoms with van der Waals surface area (Å²) < 4.78 is 30.2. The molecule has 0 aliphatic heterocycles. The number of thiazole rings is 1. The van der Waals surface area contributed by atoms with Gasteiger partial charge in [-0.25, -0.2) is 13.4 Å². The fourth-order valence-corrected chi connectivity index (χ4v) is 5.44. The lowest BCUT2D eigenvalue weighted by Gasteiger charge is -2.21. The molecule has 3 aromatic rings. The third-order valence-corrected chi connectivity index (χ3v) is 6.68. The van der Waals surface area contributed by atoms with Crippen molar-refractivity contribution in [3.8, 4) is 11.3 Å². The number of rotatable bonds is 5. The van der Waals surface area contributed by atoms with Crippen LogP contribution >= 0.6 is 11.3 Å². The van der Waals surface area contributed by atoms with Crippen LogP contribution in [0.25, 0.3) is 11.3 Å². The summed E-state index contributed by atoms with van der Waals surface area (Å²) >= 11 is 1.11. The third kappa shape index (κ3) is 4.15. The van der Waals surface area contributed by atoms with Gasteiger partial charge in [0.1, 0.15) is 4.90 Å². The largest absolute Gasteiger partial charge is 0.270 e. The molecule has 154 valence electrons. The van der Waals surface area contributed by atoms with E-state index in [0.717, 1.165) is 11.3 Å². The van der Waals surface area contributed by atoms with Crippen molar-refractivity contribution >= 4 is 32.2 Å². The summed E-state index contributed by atoms with van der Waals surface area (Å²) in [4.78, 5) is 14.9. The molecule has 9 nitrogen and oxygen atoms in total. The Morgan fingerprint density at radius 3 is 2.52 bits per heavy atom. The van der Waals surface area contributed by atoms with Gasteiger partial charge in [0.05, 0.1) is 27.5 Å². The maximum Gasteiger partial charge on any atom is 0.270 e. The van der Waals surface area contributed by atoms with Gasteiger partial charge in [-0.1, -0.05) is 12.1 Å². The zero-order valence-corrected chi connectivity index (χ0v) is 18.3. The molecule has 1 aromatic carbocycles. The van der Waals surface area contributed by atoms with Crippen molar-refractivity contribution in [1.29, 1.82) is 0 Å². The zero-order chi connectivity index (χ0) is 21.6. The van der Waals surface area contributed by atoms with Gasteiger partial charge in [-0.2, -0.15) is 5.10 Å². The minimum Gasteiger partial charge on any atom is -0.263 e. The van der Waals surface area contributed by atoms with Crippen LogP contribution in [-0.4, -0.2) is 28.1 Å². The number of nitro benzene ring substituents is 1. The molecule has 0 fully saturated rings. The number of hydrogen-bond acceptors (Lipinski definition) is 7. The molecule has 29 heavy (non-hydrogen) atoms. The number of hydrogen-bond donors (Lipinski definition) is 1. The molecule has 0 spiro atoms. The smallest absolute Gasteiger partial charge is 0.263 e. The van der Waals surface area contributed by atoms with E-state index >= 15 is 0 Å². The molecule has 0 radical (unpaired) electrons. The number of anilines is 1. The minimum absolute atomic E-state index is 0.0570. The van der Waals surface area contributed by atoms with Crippen molar-refractivity contribution < 1.29 is 13.3 Å². The number of nitrogens with one attached hydrogen (secondary N) is 1. The van der Waals surface area contributed by atoms with Crippen LogP contribution in [0.5, 0.6) is 0 Å². The van der Waals surface area contributed by atoms with Gasteiger partial charge in [0.15, 0.2) is 5.13 Å². The Hall–Kier alpha value is -2.79. The quantitative estimate of drug-likeness (QED) is 0.476. The molecule has 0 amide bonds. The summed E-state index contributed by atoms with van der Waals surface area (Å²) in [5, 5.41) is 17.2. The average molecular weight is 436 g/mol. The molecule has 0 aliphatic carbocycles. The van der Waals surface area contributed by atoms with E-state index in [1.165, 1.54) is 12.1 Å². The molecule has 3 rings (SSSR count). The first kappa shape index (κ1) is 20.9. The number of benzene rings is 1. The second kappa shape index (κ2) is 7.23. The van der Waals surface area contributed by atoms with E-state index < -0.39 is 14.9 Å². The zero-order valence-electron chi connectivity index (χ0n) is 16.6. The predicted octanol–water partition coefficient (Wildman–Crippen LogP) is 4.09. The summed E-state index contributed by atoms with van der Waals surface area (Å²) in [5.74, 6) is 0. The molecule has 2 aromatic heterocycles. The first-order chi connectivity index (χ1) is 13.4. The van der Waals surface area contributed by atoms with E-state index in [1.54, 1.807) is 36.0 Å². The Morgan fingerprint density at radius 2 is 1.93 bits per heavy atom. The number of nitrogens with zero attached hydrogens (tertiary/aromatic N) is 4. The van der Waals surface area contributed by atoms with E-state index in [2.05, 4.69) is 14.8 Å². The van der Waals surface area contributed by atoms with Crippen LogP contribution in [0.2, 0.25) is 0 Å². The standard InChI is InChI=1S/C18H21N5O4S2/c1-11-16(12(2)22(20-11)18(3,4)5)29(26,27)21-17-19-15(10-28-17)13-7-6-8-14(9-13)23(24)25/h6-10H,1-5H3,(H,19,21). The lowest BCUT2D eigenvalue weighted by atomic mass is 10.1. The molecule has 0 unspecified atom stereocenters. The SMILES string of the molecule is Cc1nn(C(C)(C)C)c(C)c1S(=O)(=O)Nc1nc(-c2cccc([N+](=O)[O-])c2)cs1. The molecular formula is C18H21N5O4S2. The van der Waals surface area contributed by atoms with Crippen LogP contribution in [0, 0.1) is 24.0 Å². The van der Waals surface area contributed by atoms with Gasteiger partial charge in [0, 0.05) is 23.1 Å². The van der Waals surface area contributed by atoms with Gasteiger partial charge in [-0.3, -0.25) is 19.5 Å². The van der Waals surface area contributed by atoms with Crippen molar-refractivity contribution in [1.82, 2.24) is 14.8 Å². The van der Waals surface area contributed by atoms with E-state index in [-0.39, 0.29) is 21.3 Å². The Morgan fingerprint density at radius 1 is 1.24 bits per heavy atom. The summed E-state index contributed by atoms with van der Waals surface area (Å²) in [6.07, 6.45) is 0. The Kier molecular flexibility index (Phi) is 5.22. The molecule has 0 aliphatic rings. The monoisotopic (exact) mass is 435 g/mol. The number of sulfonamides is 1. The van der Waals surface area contributed by atoms with Crippen LogP contribution in [-0.2, 0) is 15.6 Å². The highest BCUT2D eigenvalue weighted by Crippen LogP contribution is 2.30. The first-order valence-electron chi connectivity index (χ1n) is 8.70. The van der Waals surface area contributed by atoms with E-state index in [0.29, 0.717) is 22.6 Å². The van der Waals surface area contributed by atoms with Crippen LogP contribution < -0.4 is 4.72 Å². The van der Waals surface area contributed by atoms with Crippen molar-refractivity contribution in [3.63, 3.8) is 0 Å². The highest BCUT2D eigenvalue weighted by molar-refractivity contribution is 7.93. The lowest BCUT2D eigenvalue weighted by Crippen LogP contribution is -2.25. The van der Waals surface area contributed by atoms with Gasteiger partial charge < -0.3 is 0 Å². The Balaban J connectivity index is 1.93. The van der Waals surface area contributed by atoms with Crippen LogP contribution in [0.4, 0.5) is 10.8 Å². The van der Waals surface area contributed by atoms with Gasteiger partial charge in [-0.05, 0) is 34.6 Å². The summed E-state index contributed by atoms with van der Waals surface area (Å²) in [6, 6.07) is 6.03. The molecule has 11 heteroatoms. The van der Waals surface area contributed by atoms with Gasteiger partial charge in [0.2, 0.25) is 0 Å². The van der Waals surface area contributed by atoms with Crippen LogP contribution in [0.15, 0.2) is 34.5 Å². The molecule has 0 bridgehead atoms. The first-order valence-corrected chi connectivity index (χ1v) is 11.1. The van der Waals surface area contributed by atoms with Crippen molar-refractivity contribution in [2.75, 3.05) is 4.72 Å².